The zero-order valence-electron chi connectivity index (χ0n) is 16.8. The van der Waals surface area contributed by atoms with Crippen LogP contribution >= 0.6 is 0 Å². The van der Waals surface area contributed by atoms with Crippen LogP contribution in [0.4, 0.5) is 0 Å². The van der Waals surface area contributed by atoms with Crippen molar-refractivity contribution in [2.75, 3.05) is 14.2 Å². The number of carbonyl (C=O) groups excluding carboxylic acids is 3. The van der Waals surface area contributed by atoms with Gasteiger partial charge < -0.3 is 19.9 Å². The summed E-state index contributed by atoms with van der Waals surface area (Å²) in [4.78, 5) is 48.3. The van der Waals surface area contributed by atoms with Crippen LogP contribution in [0, 0.1) is 11.8 Å². The maximum absolute atomic E-state index is 12.6. The molecule has 0 spiro atoms. The van der Waals surface area contributed by atoms with Crippen molar-refractivity contribution in [2.24, 2.45) is 11.8 Å². The first kappa shape index (κ1) is 22.6. The lowest BCUT2D eigenvalue weighted by Gasteiger charge is -2.26. The molecule has 2 aromatic rings. The second-order valence-electron chi connectivity index (χ2n) is 6.62. The number of benzene rings is 2. The number of esters is 2. The first-order valence-corrected chi connectivity index (χ1v) is 9.15. The average molecular weight is 413 g/mol. The van der Waals surface area contributed by atoms with Gasteiger partial charge in [-0.1, -0.05) is 49.4 Å². The molecule has 0 fully saturated rings. The number of ether oxygens (including phenoxy) is 2. The second-order valence-corrected chi connectivity index (χ2v) is 6.62. The zero-order chi connectivity index (χ0) is 22.3. The molecule has 0 saturated carbocycles. The third kappa shape index (κ3) is 5.22. The molecule has 2 N–H and O–H groups in total. The highest BCUT2D eigenvalue weighted by Crippen LogP contribution is 2.22. The number of amides is 1. The highest BCUT2D eigenvalue weighted by atomic mass is 16.5. The summed E-state index contributed by atoms with van der Waals surface area (Å²) < 4.78 is 9.17. The summed E-state index contributed by atoms with van der Waals surface area (Å²) in [7, 11) is 2.15. The topological polar surface area (TPSA) is 119 Å². The molecule has 0 aliphatic carbocycles. The SMILES string of the molecule is COC(=O)C(C(=O)OC)[C@@H](C)[C@H](NC(=O)c1ccc(-c2ccccc2)cc1)C(=O)O. The number of carboxylic acids is 1. The standard InChI is InChI=1S/C22H23NO7/c1-13(17(21(27)29-2)22(28)30-3)18(20(25)26)23-19(24)16-11-9-15(10-12-16)14-7-5-4-6-8-14/h4-13,17-18H,1-3H3,(H,23,24)(H,25,26)/t13-,18+/m1/s1. The van der Waals surface area contributed by atoms with Crippen molar-refractivity contribution in [1.29, 1.82) is 0 Å². The van der Waals surface area contributed by atoms with Crippen molar-refractivity contribution in [3.05, 3.63) is 60.2 Å². The van der Waals surface area contributed by atoms with E-state index in [0.29, 0.717) is 0 Å². The monoisotopic (exact) mass is 413 g/mol. The molecule has 0 saturated heterocycles. The number of methoxy groups -OCH3 is 2. The van der Waals surface area contributed by atoms with Crippen molar-refractivity contribution in [3.8, 4) is 11.1 Å². The molecule has 0 radical (unpaired) electrons. The largest absolute Gasteiger partial charge is 0.480 e. The Balaban J connectivity index is 2.21. The van der Waals surface area contributed by atoms with E-state index in [1.807, 2.05) is 30.3 Å². The molecule has 0 heterocycles. The van der Waals surface area contributed by atoms with E-state index in [2.05, 4.69) is 14.8 Å². The Morgan fingerprint density at radius 3 is 1.80 bits per heavy atom. The van der Waals surface area contributed by atoms with Crippen LogP contribution < -0.4 is 5.32 Å². The van der Waals surface area contributed by atoms with Crippen LogP contribution in [-0.4, -0.2) is 49.2 Å². The van der Waals surface area contributed by atoms with Crippen LogP contribution in [0.1, 0.15) is 17.3 Å². The quantitative estimate of drug-likeness (QED) is 0.503. The molecule has 8 heteroatoms. The number of hydrogen-bond acceptors (Lipinski definition) is 6. The molecule has 2 rings (SSSR count). The molecule has 0 aromatic heterocycles. The number of hydrogen-bond donors (Lipinski definition) is 2. The van der Waals surface area contributed by atoms with Gasteiger partial charge in [-0.2, -0.15) is 0 Å². The van der Waals surface area contributed by atoms with Crippen LogP contribution in [0.15, 0.2) is 54.6 Å². The molecular formula is C22H23NO7. The Morgan fingerprint density at radius 1 is 0.833 bits per heavy atom. The van der Waals surface area contributed by atoms with E-state index in [1.54, 1.807) is 24.3 Å². The van der Waals surface area contributed by atoms with Gasteiger partial charge in [0.15, 0.2) is 5.92 Å². The fourth-order valence-corrected chi connectivity index (χ4v) is 3.06. The molecular weight excluding hydrogens is 390 g/mol. The lowest BCUT2D eigenvalue weighted by Crippen LogP contribution is -2.50. The van der Waals surface area contributed by atoms with E-state index in [0.717, 1.165) is 25.3 Å². The first-order valence-electron chi connectivity index (χ1n) is 9.15. The van der Waals surface area contributed by atoms with Crippen molar-refractivity contribution >= 4 is 23.8 Å². The van der Waals surface area contributed by atoms with E-state index in [4.69, 9.17) is 0 Å². The van der Waals surface area contributed by atoms with Crippen molar-refractivity contribution in [3.63, 3.8) is 0 Å². The van der Waals surface area contributed by atoms with Gasteiger partial charge in [0, 0.05) is 11.5 Å². The van der Waals surface area contributed by atoms with Crippen LogP contribution in [0.25, 0.3) is 11.1 Å². The summed E-state index contributed by atoms with van der Waals surface area (Å²) in [6.07, 6.45) is 0. The van der Waals surface area contributed by atoms with Gasteiger partial charge >= 0.3 is 17.9 Å². The molecule has 2 atom stereocenters. The molecule has 1 amide bonds. The van der Waals surface area contributed by atoms with Gasteiger partial charge in [0.2, 0.25) is 0 Å². The van der Waals surface area contributed by atoms with Gasteiger partial charge in [0.05, 0.1) is 14.2 Å². The van der Waals surface area contributed by atoms with Gasteiger partial charge in [0.1, 0.15) is 6.04 Å². The smallest absolute Gasteiger partial charge is 0.326 e. The predicted octanol–water partition coefficient (Wildman–Crippen LogP) is 2.13. The van der Waals surface area contributed by atoms with Gasteiger partial charge in [-0.05, 0) is 23.3 Å². The van der Waals surface area contributed by atoms with Gasteiger partial charge in [0.25, 0.3) is 5.91 Å². The fourth-order valence-electron chi connectivity index (χ4n) is 3.06. The van der Waals surface area contributed by atoms with Crippen LogP contribution in [-0.2, 0) is 23.9 Å². The Kier molecular flexibility index (Phi) is 7.69. The van der Waals surface area contributed by atoms with Crippen LogP contribution in [0.5, 0.6) is 0 Å². The molecule has 0 aliphatic rings. The molecule has 2 aromatic carbocycles. The number of aliphatic carboxylic acids is 1. The predicted molar refractivity (Wildman–Crippen MR) is 107 cm³/mol. The average Bonchev–Trinajstić information content (AvgIpc) is 2.77. The highest BCUT2D eigenvalue weighted by molar-refractivity contribution is 5.99. The van der Waals surface area contributed by atoms with Crippen LogP contribution in [0.2, 0.25) is 0 Å². The van der Waals surface area contributed by atoms with Gasteiger partial charge in [-0.3, -0.25) is 14.4 Å². The fraction of sp³-hybridized carbons (Fsp3) is 0.273. The van der Waals surface area contributed by atoms with E-state index < -0.39 is 41.7 Å². The Labute approximate surface area is 173 Å². The van der Waals surface area contributed by atoms with Crippen LogP contribution in [0.3, 0.4) is 0 Å². The Bertz CT molecular complexity index is 893. The van der Waals surface area contributed by atoms with E-state index in [1.165, 1.54) is 6.92 Å². The minimum atomic E-state index is -1.52. The third-order valence-electron chi connectivity index (χ3n) is 4.77. The molecule has 30 heavy (non-hydrogen) atoms. The van der Waals surface area contributed by atoms with Crippen molar-refractivity contribution < 1.29 is 33.8 Å². The first-order chi connectivity index (χ1) is 14.3. The maximum atomic E-state index is 12.6. The second kappa shape index (κ2) is 10.2. The molecule has 158 valence electrons. The summed E-state index contributed by atoms with van der Waals surface area (Å²) in [5, 5.41) is 11.9. The Hall–Kier alpha value is -3.68. The summed E-state index contributed by atoms with van der Waals surface area (Å²) in [5.74, 6) is -6.54. The van der Waals surface area contributed by atoms with E-state index >= 15 is 0 Å². The molecule has 0 aliphatic heterocycles. The highest BCUT2D eigenvalue weighted by Gasteiger charge is 2.42. The minimum Gasteiger partial charge on any atom is -0.480 e. The van der Waals surface area contributed by atoms with Crippen molar-refractivity contribution in [1.82, 2.24) is 5.32 Å². The number of rotatable bonds is 8. The van der Waals surface area contributed by atoms with E-state index in [-0.39, 0.29) is 5.56 Å². The van der Waals surface area contributed by atoms with Gasteiger partial charge in [-0.25, -0.2) is 4.79 Å². The lowest BCUT2D eigenvalue weighted by molar-refractivity contribution is -0.162. The summed E-state index contributed by atoms with van der Waals surface area (Å²) in [5.41, 5.74) is 2.10. The molecule has 0 bridgehead atoms. The zero-order valence-corrected chi connectivity index (χ0v) is 16.8. The summed E-state index contributed by atoms with van der Waals surface area (Å²) >= 11 is 0. The molecule has 0 unspecified atom stereocenters. The van der Waals surface area contributed by atoms with E-state index in [9.17, 15) is 24.3 Å². The number of carboxylic acid groups (broad SMARTS) is 1. The summed E-state index contributed by atoms with van der Waals surface area (Å²) in [6, 6.07) is 14.7. The number of carbonyl (C=O) groups is 4. The maximum Gasteiger partial charge on any atom is 0.326 e. The van der Waals surface area contributed by atoms with Crippen molar-refractivity contribution in [2.45, 2.75) is 13.0 Å². The summed E-state index contributed by atoms with van der Waals surface area (Å²) in [6.45, 7) is 1.36. The Morgan fingerprint density at radius 2 is 1.33 bits per heavy atom. The minimum absolute atomic E-state index is 0.237. The van der Waals surface area contributed by atoms with Gasteiger partial charge in [-0.15, -0.1) is 0 Å². The number of nitrogens with one attached hydrogen (secondary N) is 1. The molecule has 8 nitrogen and oxygen atoms in total. The normalized spacial score (nSPS) is 12.5. The third-order valence-corrected chi connectivity index (χ3v) is 4.77. The lowest BCUT2D eigenvalue weighted by atomic mass is 9.87.